The highest BCUT2D eigenvalue weighted by Gasteiger charge is 2.64. The van der Waals surface area contributed by atoms with Crippen LogP contribution in [-0.2, 0) is 39.8 Å². The molecule has 0 aromatic heterocycles. The van der Waals surface area contributed by atoms with Crippen LogP contribution in [0.1, 0.15) is 90.1 Å². The molecule has 13 nitrogen and oxygen atoms in total. The molecule has 304 valence electrons. The summed E-state index contributed by atoms with van der Waals surface area (Å²) in [4.78, 5) is 68.8. The largest absolute Gasteiger partial charge is 0.457 e. The fourth-order valence-electron chi connectivity index (χ4n) is 7.24. The number of methoxy groups -OCH3 is 1. The number of hydrogen-bond donors (Lipinski definition) is 2. The number of anilines is 1. The van der Waals surface area contributed by atoms with Gasteiger partial charge in [-0.25, -0.2) is 9.59 Å². The average Bonchev–Trinajstić information content (AvgIpc) is 3.82. The number of allylic oxidation sites excluding steroid dienone is 3. The van der Waals surface area contributed by atoms with Crippen LogP contribution >= 0.6 is 23.4 Å². The van der Waals surface area contributed by atoms with E-state index >= 15 is 0 Å². The van der Waals surface area contributed by atoms with Crippen LogP contribution in [0.3, 0.4) is 0 Å². The number of amides is 3. The number of fused-ring (bicyclic) bond motifs is 5. The lowest BCUT2D eigenvalue weighted by Gasteiger charge is -2.42. The molecule has 3 amide bonds. The van der Waals surface area contributed by atoms with Crippen molar-refractivity contribution in [1.29, 1.82) is 0 Å². The van der Waals surface area contributed by atoms with Gasteiger partial charge in [-0.1, -0.05) is 63.1 Å². The van der Waals surface area contributed by atoms with Gasteiger partial charge in [0.25, 0.3) is 0 Å². The summed E-state index contributed by atoms with van der Waals surface area (Å²) in [6.07, 6.45) is 2.13. The van der Waals surface area contributed by atoms with E-state index in [1.54, 1.807) is 63.9 Å². The Bertz CT molecular complexity index is 1690. The second kappa shape index (κ2) is 18.2. The maximum Gasteiger partial charge on any atom is 0.409 e. The highest BCUT2D eigenvalue weighted by Crippen LogP contribution is 2.49. The van der Waals surface area contributed by atoms with Gasteiger partial charge >= 0.3 is 12.1 Å². The van der Waals surface area contributed by atoms with Crippen LogP contribution in [0.2, 0.25) is 5.02 Å². The van der Waals surface area contributed by atoms with Crippen molar-refractivity contribution < 1.29 is 48.0 Å². The molecule has 3 aliphatic rings. The first-order valence-electron chi connectivity index (χ1n) is 18.7. The number of ether oxygens (including phenoxy) is 4. The molecule has 3 aliphatic heterocycles. The molecular weight excluding hydrogens is 750 g/mol. The summed E-state index contributed by atoms with van der Waals surface area (Å²) in [5.41, 5.74) is -1.02. The number of alkyl carbamates (subject to hydrolysis) is 1. The van der Waals surface area contributed by atoms with Crippen molar-refractivity contribution >= 4 is 59.2 Å². The maximum atomic E-state index is 14.1. The number of likely N-dealkylation sites (N-methyl/N-ethyl adjacent to an activating group) is 1. The highest BCUT2D eigenvalue weighted by atomic mass is 35.5. The first-order valence-corrected chi connectivity index (χ1v) is 20.0. The number of benzene rings is 1. The summed E-state index contributed by atoms with van der Waals surface area (Å²) in [6, 6.07) is 2.39. The van der Waals surface area contributed by atoms with Crippen LogP contribution in [0.4, 0.5) is 10.5 Å². The smallest absolute Gasteiger partial charge is 0.409 e. The zero-order valence-electron chi connectivity index (χ0n) is 33.4. The Morgan fingerprint density at radius 2 is 1.93 bits per heavy atom. The zero-order chi connectivity index (χ0) is 41.0. The Labute approximate surface area is 333 Å². The molecule has 2 fully saturated rings. The molecule has 0 spiro atoms. The van der Waals surface area contributed by atoms with E-state index in [0.717, 1.165) is 5.57 Å². The molecule has 3 heterocycles. The fourth-order valence-corrected chi connectivity index (χ4v) is 8.71. The van der Waals surface area contributed by atoms with Gasteiger partial charge in [-0.3, -0.25) is 19.7 Å². The molecule has 4 bridgehead atoms. The minimum atomic E-state index is -1.85. The number of nitrogens with one attached hydrogen (secondary N) is 1. The Morgan fingerprint density at radius 1 is 1.24 bits per heavy atom. The van der Waals surface area contributed by atoms with Crippen LogP contribution in [0.15, 0.2) is 35.9 Å². The maximum absolute atomic E-state index is 14.1. The Hall–Kier alpha value is -3.43. The van der Waals surface area contributed by atoms with Gasteiger partial charge < -0.3 is 33.9 Å². The molecule has 0 aliphatic carbocycles. The van der Waals surface area contributed by atoms with Crippen LogP contribution in [0, 0.1) is 5.92 Å². The molecule has 4 rings (SSSR count). The van der Waals surface area contributed by atoms with E-state index in [0.29, 0.717) is 35.6 Å². The van der Waals surface area contributed by atoms with E-state index in [2.05, 4.69) is 26.1 Å². The molecule has 2 N–H and O–H groups in total. The van der Waals surface area contributed by atoms with Crippen molar-refractivity contribution in [3.8, 4) is 0 Å². The number of carbonyl (C=O) groups excluding carboxylic acids is 5. The van der Waals surface area contributed by atoms with E-state index in [-0.39, 0.29) is 41.0 Å². The van der Waals surface area contributed by atoms with E-state index in [9.17, 15) is 29.1 Å². The Kier molecular flexibility index (Phi) is 14.7. The summed E-state index contributed by atoms with van der Waals surface area (Å²) in [7, 11) is 4.49. The number of esters is 1. The van der Waals surface area contributed by atoms with Crippen LogP contribution in [0.5, 0.6) is 0 Å². The summed E-state index contributed by atoms with van der Waals surface area (Å²) in [5, 5.41) is 15.0. The number of hydrogen-bond acceptors (Lipinski definition) is 11. The predicted octanol–water partition coefficient (Wildman–Crippen LogP) is 5.63. The Morgan fingerprint density at radius 3 is 2.56 bits per heavy atom. The predicted molar refractivity (Wildman–Crippen MR) is 211 cm³/mol. The van der Waals surface area contributed by atoms with Gasteiger partial charge in [0.2, 0.25) is 11.8 Å². The standard InChI is InChI=1S/C40H56ClN3O10S/c1-22(2)55-24(4)14-15-33(46)43(8)26(6)37(48)53-32-19-34(47)44(9)29-18-27(17-28(21-45)35(29)41)16-23(3)12-11-13-31(51-10)40(50)20-30(52-38(49)42-40)25(5)36-39(32,7)54-36/h11-13,17-18,21-22,24-26,30-32,36,50H,14-16,19-20H2,1-10H3,(H,42,49)/b13-11+,23-12+/t24?,25-,26+,30+,31-,32+,36+,39+,40+/m1/s1. The lowest BCUT2D eigenvalue weighted by molar-refractivity contribution is -0.162. The van der Waals surface area contributed by atoms with Crippen LogP contribution in [0.25, 0.3) is 0 Å². The number of rotatable bonds is 10. The molecule has 0 saturated carbocycles. The molecule has 9 atom stereocenters. The monoisotopic (exact) mass is 805 g/mol. The van der Waals surface area contributed by atoms with Gasteiger partial charge in [0.15, 0.2) is 12.0 Å². The summed E-state index contributed by atoms with van der Waals surface area (Å²) < 4.78 is 23.7. The second-order valence-corrected chi connectivity index (χ2v) is 17.8. The summed E-state index contributed by atoms with van der Waals surface area (Å²) >= 11 is 8.45. The van der Waals surface area contributed by atoms with Gasteiger partial charge in [-0.05, 0) is 56.6 Å². The number of carbonyl (C=O) groups is 5. The third-order valence-electron chi connectivity index (χ3n) is 10.8. The number of halogens is 1. The molecule has 0 radical (unpaired) electrons. The second-order valence-electron chi connectivity index (χ2n) is 15.4. The molecule has 1 unspecified atom stereocenters. The number of nitrogens with zero attached hydrogens (tertiary/aromatic N) is 2. The first kappa shape index (κ1) is 44.3. The van der Waals surface area contributed by atoms with E-state index in [1.165, 1.54) is 24.0 Å². The average molecular weight is 806 g/mol. The lowest BCUT2D eigenvalue weighted by atomic mass is 9.83. The Balaban J connectivity index is 1.71. The molecular formula is C40H56ClN3O10S. The van der Waals surface area contributed by atoms with Gasteiger partial charge in [0.1, 0.15) is 30.0 Å². The number of epoxide rings is 1. The topological polar surface area (TPSA) is 164 Å². The highest BCUT2D eigenvalue weighted by molar-refractivity contribution is 8.00. The number of aliphatic hydroxyl groups is 1. The fraction of sp³-hybridized carbons (Fsp3) is 0.625. The number of aldehydes is 1. The van der Waals surface area contributed by atoms with E-state index in [1.807, 2.05) is 13.0 Å². The lowest BCUT2D eigenvalue weighted by Crippen LogP contribution is -2.63. The van der Waals surface area contributed by atoms with Gasteiger partial charge in [-0.2, -0.15) is 11.8 Å². The summed E-state index contributed by atoms with van der Waals surface area (Å²) in [6.45, 7) is 13.2. The van der Waals surface area contributed by atoms with Crippen LogP contribution < -0.4 is 10.2 Å². The van der Waals surface area contributed by atoms with Crippen molar-refractivity contribution in [3.05, 3.63) is 52.1 Å². The minimum Gasteiger partial charge on any atom is -0.457 e. The molecule has 2 saturated heterocycles. The zero-order valence-corrected chi connectivity index (χ0v) is 35.0. The van der Waals surface area contributed by atoms with Crippen molar-refractivity contribution in [2.24, 2.45) is 5.92 Å². The number of thioether (sulfide) groups is 1. The molecule has 1 aromatic carbocycles. The van der Waals surface area contributed by atoms with E-state index in [4.69, 9.17) is 30.5 Å². The third-order valence-corrected chi connectivity index (χ3v) is 12.4. The summed E-state index contributed by atoms with van der Waals surface area (Å²) in [5.74, 6) is -1.97. The quantitative estimate of drug-likeness (QED) is 0.171. The van der Waals surface area contributed by atoms with Crippen LogP contribution in [-0.4, -0.2) is 114 Å². The molecule has 15 heteroatoms. The van der Waals surface area contributed by atoms with Crippen molar-refractivity contribution in [2.45, 2.75) is 133 Å². The minimum absolute atomic E-state index is 0.0649. The third kappa shape index (κ3) is 10.5. The van der Waals surface area contributed by atoms with Crippen molar-refractivity contribution in [2.75, 3.05) is 26.1 Å². The molecule has 1 aromatic rings. The normalized spacial score (nSPS) is 31.2. The van der Waals surface area contributed by atoms with Crippen molar-refractivity contribution in [1.82, 2.24) is 10.2 Å². The van der Waals surface area contributed by atoms with Gasteiger partial charge in [0, 0.05) is 50.8 Å². The van der Waals surface area contributed by atoms with E-state index < -0.39 is 65.7 Å². The molecule has 55 heavy (non-hydrogen) atoms. The first-order chi connectivity index (χ1) is 25.7. The van der Waals surface area contributed by atoms with Crippen molar-refractivity contribution in [3.63, 3.8) is 0 Å². The SMILES string of the molecule is CO[C@@H]1/C=C/C=C(\C)Cc2cc(C=O)c(Cl)c(c2)N(C)C(=O)C[C@H](OC(=O)[C@H](C)N(C)C(=O)CCC(C)SC(C)C)[C@]2(C)O[C@H]2[C@H](C)[C@@H]2C[C@@]1(O)NC(=O)O2. The van der Waals surface area contributed by atoms with Gasteiger partial charge in [-0.15, -0.1) is 0 Å². The van der Waals surface area contributed by atoms with Gasteiger partial charge in [0.05, 0.1) is 23.2 Å².